The number of hydrogen-bond acceptors (Lipinski definition) is 3. The molecule has 0 atom stereocenters. The van der Waals surface area contributed by atoms with Gasteiger partial charge in [-0.1, -0.05) is 103 Å². The molecule has 0 saturated carbocycles. The van der Waals surface area contributed by atoms with Crippen molar-refractivity contribution in [3.05, 3.63) is 59.7 Å². The molecule has 3 heteroatoms. The Bertz CT molecular complexity index is 764. The van der Waals surface area contributed by atoms with E-state index in [9.17, 15) is 4.79 Å². The fraction of sp³-hybridized carbons (Fsp3) is 0.581. The van der Waals surface area contributed by atoms with Crippen LogP contribution in [-0.2, 0) is 6.61 Å². The fourth-order valence-corrected chi connectivity index (χ4v) is 4.12. The molecule has 0 N–H and O–H groups in total. The summed E-state index contributed by atoms with van der Waals surface area (Å²) in [7, 11) is 0. The standard InChI is InChI=1S/C31H46O3/c1-3-4-5-6-7-8-9-10-11-12-13-14-15-16-25-33-30-21-17-28(18-22-30)26-34-31-23-19-29(20-24-31)27(2)32/h17-24H,3-16,25-26H2,1-2H3. The lowest BCUT2D eigenvalue weighted by Gasteiger charge is -2.09. The monoisotopic (exact) mass is 466 g/mol. The van der Waals surface area contributed by atoms with Gasteiger partial charge in [-0.2, -0.15) is 0 Å². The van der Waals surface area contributed by atoms with E-state index in [0.29, 0.717) is 12.2 Å². The SMILES string of the molecule is CCCCCCCCCCCCCCCCOc1ccc(COc2ccc(C(C)=O)cc2)cc1. The maximum Gasteiger partial charge on any atom is 0.159 e. The molecule has 0 spiro atoms. The van der Waals surface area contributed by atoms with E-state index in [2.05, 4.69) is 6.92 Å². The van der Waals surface area contributed by atoms with Crippen LogP contribution in [0.25, 0.3) is 0 Å². The summed E-state index contributed by atoms with van der Waals surface area (Å²) in [6.45, 7) is 5.14. The number of Topliss-reactive ketones (excluding diaryl/α,β-unsaturated/α-hetero) is 1. The molecule has 0 fully saturated rings. The number of unbranched alkanes of at least 4 members (excludes halogenated alkanes) is 13. The summed E-state index contributed by atoms with van der Waals surface area (Å²) in [5.74, 6) is 1.75. The molecular weight excluding hydrogens is 420 g/mol. The lowest BCUT2D eigenvalue weighted by atomic mass is 10.0. The average Bonchev–Trinajstić information content (AvgIpc) is 2.86. The molecule has 0 heterocycles. The summed E-state index contributed by atoms with van der Waals surface area (Å²) in [4.78, 5) is 11.3. The van der Waals surface area contributed by atoms with Gasteiger partial charge in [0, 0.05) is 5.56 Å². The summed E-state index contributed by atoms with van der Waals surface area (Å²) >= 11 is 0. The van der Waals surface area contributed by atoms with E-state index in [-0.39, 0.29) is 5.78 Å². The first kappa shape index (κ1) is 28.0. The van der Waals surface area contributed by atoms with Gasteiger partial charge < -0.3 is 9.47 Å². The van der Waals surface area contributed by atoms with Crippen LogP contribution in [0.15, 0.2) is 48.5 Å². The number of ether oxygens (including phenoxy) is 2. The van der Waals surface area contributed by atoms with Crippen molar-refractivity contribution in [2.45, 2.75) is 110 Å². The van der Waals surface area contributed by atoms with Crippen molar-refractivity contribution < 1.29 is 14.3 Å². The number of carbonyl (C=O) groups is 1. The largest absolute Gasteiger partial charge is 0.494 e. The molecular formula is C31H46O3. The molecule has 0 radical (unpaired) electrons. The first-order valence-corrected chi connectivity index (χ1v) is 13.6. The van der Waals surface area contributed by atoms with Gasteiger partial charge in [-0.15, -0.1) is 0 Å². The molecule has 2 aromatic rings. The van der Waals surface area contributed by atoms with Gasteiger partial charge in [0.1, 0.15) is 18.1 Å². The minimum absolute atomic E-state index is 0.0659. The van der Waals surface area contributed by atoms with Crippen LogP contribution in [0.1, 0.15) is 120 Å². The van der Waals surface area contributed by atoms with Crippen LogP contribution >= 0.6 is 0 Å². The Balaban J connectivity index is 1.43. The van der Waals surface area contributed by atoms with E-state index in [4.69, 9.17) is 9.47 Å². The maximum atomic E-state index is 11.3. The summed E-state index contributed by atoms with van der Waals surface area (Å²) in [5, 5.41) is 0. The van der Waals surface area contributed by atoms with Crippen LogP contribution in [0, 0.1) is 0 Å². The quantitative estimate of drug-likeness (QED) is 0.144. The second-order valence-corrected chi connectivity index (χ2v) is 9.46. The highest BCUT2D eigenvalue weighted by Crippen LogP contribution is 2.18. The summed E-state index contributed by atoms with van der Waals surface area (Å²) in [6.07, 6.45) is 19.2. The van der Waals surface area contributed by atoms with Gasteiger partial charge in [0.05, 0.1) is 6.61 Å². The molecule has 188 valence electrons. The first-order chi connectivity index (χ1) is 16.7. The Morgan fingerprint density at radius 2 is 1.03 bits per heavy atom. The van der Waals surface area contributed by atoms with Crippen LogP contribution in [0.3, 0.4) is 0 Å². The highest BCUT2D eigenvalue weighted by atomic mass is 16.5. The predicted molar refractivity (Wildman–Crippen MR) is 143 cm³/mol. The van der Waals surface area contributed by atoms with Crippen LogP contribution in [0.2, 0.25) is 0 Å². The van der Waals surface area contributed by atoms with Crippen LogP contribution in [-0.4, -0.2) is 12.4 Å². The fourth-order valence-electron chi connectivity index (χ4n) is 4.12. The lowest BCUT2D eigenvalue weighted by molar-refractivity contribution is 0.101. The van der Waals surface area contributed by atoms with Gasteiger partial charge in [-0.25, -0.2) is 0 Å². The van der Waals surface area contributed by atoms with Gasteiger partial charge in [0.2, 0.25) is 0 Å². The zero-order valence-corrected chi connectivity index (χ0v) is 21.7. The zero-order chi connectivity index (χ0) is 24.3. The van der Waals surface area contributed by atoms with Crippen molar-refractivity contribution in [3.63, 3.8) is 0 Å². The van der Waals surface area contributed by atoms with E-state index >= 15 is 0 Å². The second kappa shape index (κ2) is 18.1. The summed E-state index contributed by atoms with van der Waals surface area (Å²) in [6, 6.07) is 15.4. The highest BCUT2D eigenvalue weighted by Gasteiger charge is 2.01. The lowest BCUT2D eigenvalue weighted by Crippen LogP contribution is -1.99. The molecule has 2 rings (SSSR count). The zero-order valence-electron chi connectivity index (χ0n) is 21.7. The molecule has 0 amide bonds. The van der Waals surface area contributed by atoms with E-state index in [1.165, 1.54) is 83.5 Å². The molecule has 0 aliphatic carbocycles. The summed E-state index contributed by atoms with van der Waals surface area (Å²) < 4.78 is 11.7. The third-order valence-electron chi connectivity index (χ3n) is 6.36. The minimum Gasteiger partial charge on any atom is -0.494 e. The van der Waals surface area contributed by atoms with Gasteiger partial charge >= 0.3 is 0 Å². The van der Waals surface area contributed by atoms with Gasteiger partial charge in [0.15, 0.2) is 5.78 Å². The predicted octanol–water partition coefficient (Wildman–Crippen LogP) is 9.33. The third kappa shape index (κ3) is 12.8. The number of rotatable bonds is 20. The van der Waals surface area contributed by atoms with Crippen LogP contribution in [0.4, 0.5) is 0 Å². The Morgan fingerprint density at radius 3 is 1.53 bits per heavy atom. The van der Waals surface area contributed by atoms with Crippen LogP contribution < -0.4 is 9.47 Å². The molecule has 3 nitrogen and oxygen atoms in total. The molecule has 0 saturated heterocycles. The Morgan fingerprint density at radius 1 is 0.588 bits per heavy atom. The van der Waals surface area contributed by atoms with E-state index < -0.39 is 0 Å². The van der Waals surface area contributed by atoms with Crippen molar-refractivity contribution >= 4 is 5.78 Å². The highest BCUT2D eigenvalue weighted by molar-refractivity contribution is 5.94. The van der Waals surface area contributed by atoms with E-state index in [1.807, 2.05) is 36.4 Å². The van der Waals surface area contributed by atoms with Crippen molar-refractivity contribution in [1.29, 1.82) is 0 Å². The molecule has 34 heavy (non-hydrogen) atoms. The number of hydrogen-bond donors (Lipinski definition) is 0. The number of carbonyl (C=O) groups excluding carboxylic acids is 1. The van der Waals surface area contributed by atoms with Gasteiger partial charge in [-0.05, 0) is 55.3 Å². The van der Waals surface area contributed by atoms with E-state index in [1.54, 1.807) is 19.1 Å². The second-order valence-electron chi connectivity index (χ2n) is 9.46. The third-order valence-corrected chi connectivity index (χ3v) is 6.36. The topological polar surface area (TPSA) is 35.5 Å². The van der Waals surface area contributed by atoms with Crippen molar-refractivity contribution in [2.24, 2.45) is 0 Å². The minimum atomic E-state index is 0.0659. The van der Waals surface area contributed by atoms with Crippen molar-refractivity contribution in [3.8, 4) is 11.5 Å². The smallest absolute Gasteiger partial charge is 0.159 e. The number of ketones is 1. The average molecular weight is 467 g/mol. The van der Waals surface area contributed by atoms with Gasteiger partial charge in [-0.3, -0.25) is 4.79 Å². The van der Waals surface area contributed by atoms with Crippen LogP contribution in [0.5, 0.6) is 11.5 Å². The molecule has 0 aliphatic heterocycles. The normalized spacial score (nSPS) is 10.9. The number of benzene rings is 2. The Kier molecular flexibility index (Phi) is 14.9. The van der Waals surface area contributed by atoms with Crippen molar-refractivity contribution in [1.82, 2.24) is 0 Å². The first-order valence-electron chi connectivity index (χ1n) is 13.6. The molecule has 0 aromatic heterocycles. The molecule has 0 unspecified atom stereocenters. The molecule has 0 bridgehead atoms. The van der Waals surface area contributed by atoms with Gasteiger partial charge in [0.25, 0.3) is 0 Å². The molecule has 0 aliphatic rings. The van der Waals surface area contributed by atoms with E-state index in [0.717, 1.165) is 30.1 Å². The Hall–Kier alpha value is -2.29. The molecule has 2 aromatic carbocycles. The Labute approximate surface area is 208 Å². The summed E-state index contributed by atoms with van der Waals surface area (Å²) in [5.41, 5.74) is 1.80. The maximum absolute atomic E-state index is 11.3. The van der Waals surface area contributed by atoms with Crippen molar-refractivity contribution in [2.75, 3.05) is 6.61 Å².